The molecule has 1 aromatic rings. The number of piperidine rings is 1. The van der Waals surface area contributed by atoms with Gasteiger partial charge in [0.05, 0.1) is 11.6 Å². The second-order valence-electron chi connectivity index (χ2n) is 10.4. The molecule has 1 saturated carbocycles. The molecule has 4 heterocycles. The molecule has 3 fully saturated rings. The number of nitrogens with one attached hydrogen (secondary N) is 2. The van der Waals surface area contributed by atoms with Gasteiger partial charge in [-0.3, -0.25) is 9.69 Å². The summed E-state index contributed by atoms with van der Waals surface area (Å²) in [4.78, 5) is 23.7. The van der Waals surface area contributed by atoms with Crippen molar-refractivity contribution >= 4 is 27.9 Å². The summed E-state index contributed by atoms with van der Waals surface area (Å²) >= 11 is 0. The average Bonchev–Trinajstić information content (AvgIpc) is 3.18. The van der Waals surface area contributed by atoms with Gasteiger partial charge in [-0.2, -0.15) is 22.4 Å². The average molecular weight is 509 g/mol. The Morgan fingerprint density at radius 1 is 1.11 bits per heavy atom. The molecule has 2 atom stereocenters. The lowest BCUT2D eigenvalue weighted by Crippen LogP contribution is -2.52. The number of hydrogen-bond donors (Lipinski definition) is 3. The van der Waals surface area contributed by atoms with Gasteiger partial charge < -0.3 is 15.2 Å². The van der Waals surface area contributed by atoms with E-state index in [4.69, 9.17) is 9.72 Å². The monoisotopic (exact) mass is 508 g/mol. The molecule has 35 heavy (non-hydrogen) atoms. The number of fused-ring (bicyclic) bond motifs is 1. The topological polar surface area (TPSA) is 137 Å². The Bertz CT molecular complexity index is 1040. The van der Waals surface area contributed by atoms with Crippen molar-refractivity contribution in [1.29, 1.82) is 0 Å². The summed E-state index contributed by atoms with van der Waals surface area (Å²) in [6.45, 7) is 3.79. The first-order valence-corrected chi connectivity index (χ1v) is 14.2. The molecule has 0 radical (unpaired) electrons. The van der Waals surface area contributed by atoms with Gasteiger partial charge in [0.2, 0.25) is 11.9 Å². The fraction of sp³-hybridized carbons (Fsp3) is 0.783. The molecular formula is C23H36N6O5S. The van der Waals surface area contributed by atoms with Gasteiger partial charge in [0.25, 0.3) is 10.2 Å². The van der Waals surface area contributed by atoms with Crippen LogP contribution in [0.4, 0.5) is 11.8 Å². The van der Waals surface area contributed by atoms with Crippen LogP contribution in [0.15, 0.2) is 6.20 Å². The summed E-state index contributed by atoms with van der Waals surface area (Å²) in [6, 6.07) is -0.321. The third-order valence-electron chi connectivity index (χ3n) is 7.80. The molecule has 3 aliphatic heterocycles. The SMILES string of the molecule is C[C@]1(O)CCCC1N1C(=O)CCc2cnc(NC3CCN(S(=O)(=O)NC4CCOCC4)CC3)nc21. The number of amides is 1. The molecule has 0 aromatic carbocycles. The number of carbonyl (C=O) groups excluding carboxylic acids is 1. The first-order chi connectivity index (χ1) is 16.7. The van der Waals surface area contributed by atoms with Crippen molar-refractivity contribution in [2.45, 2.75) is 88.4 Å². The summed E-state index contributed by atoms with van der Waals surface area (Å²) in [5, 5.41) is 14.2. The number of nitrogens with zero attached hydrogens (tertiary/aromatic N) is 4. The Morgan fingerprint density at radius 3 is 2.54 bits per heavy atom. The molecule has 11 nitrogen and oxygen atoms in total. The van der Waals surface area contributed by atoms with Crippen molar-refractivity contribution in [3.8, 4) is 0 Å². The van der Waals surface area contributed by atoms with E-state index in [0.717, 1.165) is 18.4 Å². The Balaban J connectivity index is 1.23. The van der Waals surface area contributed by atoms with Gasteiger partial charge in [-0.15, -0.1) is 0 Å². The fourth-order valence-corrected chi connectivity index (χ4v) is 7.21. The van der Waals surface area contributed by atoms with Gasteiger partial charge in [-0.05, 0) is 58.3 Å². The van der Waals surface area contributed by atoms with Gasteiger partial charge in [-0.25, -0.2) is 4.98 Å². The summed E-state index contributed by atoms with van der Waals surface area (Å²) in [5.41, 5.74) is -0.0160. The van der Waals surface area contributed by atoms with E-state index in [0.29, 0.717) is 83.0 Å². The Morgan fingerprint density at radius 2 is 1.86 bits per heavy atom. The Hall–Kier alpha value is -1.86. The minimum Gasteiger partial charge on any atom is -0.388 e. The summed E-state index contributed by atoms with van der Waals surface area (Å²) in [7, 11) is -3.52. The number of carbonyl (C=O) groups is 1. The molecule has 0 bridgehead atoms. The third-order valence-corrected chi connectivity index (χ3v) is 9.48. The van der Waals surface area contributed by atoms with E-state index in [1.54, 1.807) is 18.0 Å². The molecule has 0 spiro atoms. The summed E-state index contributed by atoms with van der Waals surface area (Å²) in [5.74, 6) is 1.01. The van der Waals surface area contributed by atoms with E-state index in [1.165, 1.54) is 4.31 Å². The van der Waals surface area contributed by atoms with Crippen molar-refractivity contribution in [3.63, 3.8) is 0 Å². The van der Waals surface area contributed by atoms with Crippen LogP contribution >= 0.6 is 0 Å². The minimum absolute atomic E-state index is 0.00938. The molecule has 1 aromatic heterocycles. The van der Waals surface area contributed by atoms with Gasteiger partial charge in [0, 0.05) is 56.6 Å². The molecule has 5 rings (SSSR count). The molecule has 12 heteroatoms. The van der Waals surface area contributed by atoms with Crippen LogP contribution in [0.25, 0.3) is 0 Å². The van der Waals surface area contributed by atoms with Crippen LogP contribution < -0.4 is 14.9 Å². The number of ether oxygens (including phenoxy) is 1. The molecule has 4 aliphatic rings. The Labute approximate surface area is 206 Å². The predicted octanol–water partition coefficient (Wildman–Crippen LogP) is 0.949. The smallest absolute Gasteiger partial charge is 0.279 e. The number of aryl methyl sites for hydroxylation is 1. The van der Waals surface area contributed by atoms with E-state index < -0.39 is 15.8 Å². The molecule has 3 N–H and O–H groups in total. The van der Waals surface area contributed by atoms with E-state index in [2.05, 4.69) is 15.0 Å². The van der Waals surface area contributed by atoms with Crippen LogP contribution in [0, 0.1) is 0 Å². The predicted molar refractivity (Wildman–Crippen MR) is 130 cm³/mol. The van der Waals surface area contributed by atoms with Crippen molar-refractivity contribution in [2.75, 3.05) is 36.5 Å². The molecule has 1 aliphatic carbocycles. The lowest BCUT2D eigenvalue weighted by atomic mass is 9.95. The first kappa shape index (κ1) is 24.8. The lowest BCUT2D eigenvalue weighted by Gasteiger charge is -2.39. The van der Waals surface area contributed by atoms with E-state index in [1.807, 2.05) is 0 Å². The second-order valence-corrected chi connectivity index (χ2v) is 12.1. The zero-order valence-electron chi connectivity index (χ0n) is 20.3. The molecule has 2 saturated heterocycles. The zero-order valence-corrected chi connectivity index (χ0v) is 21.1. The van der Waals surface area contributed by atoms with Crippen molar-refractivity contribution < 1.29 is 23.1 Å². The highest BCUT2D eigenvalue weighted by Gasteiger charge is 2.45. The maximum absolute atomic E-state index is 12.9. The van der Waals surface area contributed by atoms with Crippen molar-refractivity contribution in [2.24, 2.45) is 0 Å². The van der Waals surface area contributed by atoms with Gasteiger partial charge in [0.15, 0.2) is 0 Å². The normalized spacial score (nSPS) is 29.4. The van der Waals surface area contributed by atoms with Gasteiger partial charge >= 0.3 is 0 Å². The highest BCUT2D eigenvalue weighted by atomic mass is 32.2. The molecule has 194 valence electrons. The number of hydrogen-bond acceptors (Lipinski definition) is 8. The van der Waals surface area contributed by atoms with Crippen LogP contribution in [-0.2, 0) is 26.2 Å². The third kappa shape index (κ3) is 5.31. The van der Waals surface area contributed by atoms with Crippen molar-refractivity contribution in [1.82, 2.24) is 19.0 Å². The fourth-order valence-electron chi connectivity index (χ4n) is 5.72. The lowest BCUT2D eigenvalue weighted by molar-refractivity contribution is -0.120. The van der Waals surface area contributed by atoms with Crippen LogP contribution in [0.1, 0.15) is 63.9 Å². The molecule has 1 amide bonds. The highest BCUT2D eigenvalue weighted by Crippen LogP contribution is 2.39. The van der Waals surface area contributed by atoms with Gasteiger partial charge in [0.1, 0.15) is 5.82 Å². The zero-order chi connectivity index (χ0) is 24.6. The van der Waals surface area contributed by atoms with E-state index in [-0.39, 0.29) is 24.0 Å². The maximum Gasteiger partial charge on any atom is 0.279 e. The number of aromatic nitrogens is 2. The number of anilines is 2. The number of aliphatic hydroxyl groups is 1. The minimum atomic E-state index is -3.52. The molecule has 1 unspecified atom stereocenters. The Kier molecular flexibility index (Phi) is 7.01. The van der Waals surface area contributed by atoms with Crippen molar-refractivity contribution in [3.05, 3.63) is 11.8 Å². The summed E-state index contributed by atoms with van der Waals surface area (Å²) < 4.78 is 35.2. The highest BCUT2D eigenvalue weighted by molar-refractivity contribution is 7.87. The maximum atomic E-state index is 12.9. The van der Waals surface area contributed by atoms with Crippen LogP contribution in [0.5, 0.6) is 0 Å². The quantitative estimate of drug-likeness (QED) is 0.517. The molecular weight excluding hydrogens is 472 g/mol. The standard InChI is InChI=1S/C23H36N6O5S/c1-23(31)10-2-3-19(23)29-20(30)5-4-16-15-24-22(26-21(16)29)25-17-6-11-28(12-7-17)35(32,33)27-18-8-13-34-14-9-18/h15,17-19,27,31H,2-14H2,1H3,(H,24,25,26)/t19?,23-/m0/s1. The van der Waals surface area contributed by atoms with Crippen LogP contribution in [-0.4, -0.2) is 83.7 Å². The summed E-state index contributed by atoms with van der Waals surface area (Å²) in [6.07, 6.45) is 7.71. The largest absolute Gasteiger partial charge is 0.388 e. The van der Waals surface area contributed by atoms with Gasteiger partial charge in [-0.1, -0.05) is 0 Å². The van der Waals surface area contributed by atoms with E-state index >= 15 is 0 Å². The number of rotatable bonds is 6. The van der Waals surface area contributed by atoms with E-state index in [9.17, 15) is 18.3 Å². The second kappa shape index (κ2) is 9.89. The first-order valence-electron chi connectivity index (χ1n) is 12.7. The van der Waals surface area contributed by atoms with Crippen LogP contribution in [0.3, 0.4) is 0 Å². The van der Waals surface area contributed by atoms with Crippen LogP contribution in [0.2, 0.25) is 0 Å².